The number of quaternary nitrogens is 1. The van der Waals surface area contributed by atoms with Crippen LogP contribution < -0.4 is 10.5 Å². The molecule has 1 amide bonds. The number of aliphatic hydroxyl groups is 1. The van der Waals surface area contributed by atoms with Gasteiger partial charge >= 0.3 is 0 Å². The molecule has 2 aliphatic heterocycles. The number of likely N-dealkylation sites (N-methyl/N-ethyl adjacent to an activating group) is 1. The highest BCUT2D eigenvalue weighted by Gasteiger charge is 2.76. The van der Waals surface area contributed by atoms with Gasteiger partial charge < -0.3 is 20.1 Å². The van der Waals surface area contributed by atoms with E-state index in [1.165, 1.54) is 0 Å². The van der Waals surface area contributed by atoms with Crippen LogP contribution >= 0.6 is 0 Å². The largest absolute Gasteiger partial charge is 0.480 e. The van der Waals surface area contributed by atoms with Crippen molar-refractivity contribution in [2.24, 2.45) is 5.73 Å². The number of likely N-dealkylation sites (tertiary alicyclic amines) is 1. The van der Waals surface area contributed by atoms with Gasteiger partial charge in [-0.1, -0.05) is 12.6 Å². The molecule has 142 valence electrons. The van der Waals surface area contributed by atoms with Gasteiger partial charge in [0.2, 0.25) is 0 Å². The lowest BCUT2D eigenvalue weighted by Crippen LogP contribution is -2.80. The second kappa shape index (κ2) is 5.00. The molecular weight excluding hydrogens is 344 g/mol. The van der Waals surface area contributed by atoms with Crippen molar-refractivity contribution in [3.8, 4) is 5.75 Å². The van der Waals surface area contributed by atoms with Crippen molar-refractivity contribution in [2.75, 3.05) is 20.1 Å². The molecular formula is C21H25N2O4+. The summed E-state index contributed by atoms with van der Waals surface area (Å²) < 4.78 is 6.84. The molecule has 4 aliphatic rings. The summed E-state index contributed by atoms with van der Waals surface area (Å²) in [7, 11) is 2.17. The van der Waals surface area contributed by atoms with Gasteiger partial charge in [-0.25, -0.2) is 0 Å². The van der Waals surface area contributed by atoms with Gasteiger partial charge in [-0.15, -0.1) is 0 Å². The Morgan fingerprint density at radius 1 is 1.48 bits per heavy atom. The number of Topliss-reactive ketones (excluding diaryl/α,β-unsaturated/α-hetero) is 1. The molecule has 1 saturated carbocycles. The van der Waals surface area contributed by atoms with Crippen LogP contribution in [0, 0.1) is 0 Å². The highest BCUT2D eigenvalue weighted by atomic mass is 16.5. The molecule has 6 heteroatoms. The minimum absolute atomic E-state index is 0.0118. The van der Waals surface area contributed by atoms with E-state index in [0.717, 1.165) is 24.2 Å². The summed E-state index contributed by atoms with van der Waals surface area (Å²) >= 11 is 0. The number of ketones is 1. The molecule has 1 aromatic rings. The minimum atomic E-state index is -1.05. The maximum atomic E-state index is 12.9. The number of hydrogen-bond donors (Lipinski definition) is 2. The van der Waals surface area contributed by atoms with Crippen molar-refractivity contribution in [2.45, 2.75) is 48.8 Å². The SMILES string of the molecule is C=CC[N@+]1(C)CCC23c4c5ccc(C(N)=O)c4OC2C(=O)CC[C@@]3(O)C1C5. The van der Waals surface area contributed by atoms with Crippen LogP contribution in [0.4, 0.5) is 0 Å². The van der Waals surface area contributed by atoms with Gasteiger partial charge in [-0.3, -0.25) is 9.59 Å². The fourth-order valence-corrected chi connectivity index (χ4v) is 6.55. The average Bonchev–Trinajstić information content (AvgIpc) is 2.97. The highest BCUT2D eigenvalue weighted by molar-refractivity contribution is 5.98. The first-order valence-corrected chi connectivity index (χ1v) is 9.61. The summed E-state index contributed by atoms with van der Waals surface area (Å²) in [5.41, 5.74) is 5.98. The van der Waals surface area contributed by atoms with Crippen LogP contribution in [0.25, 0.3) is 0 Å². The zero-order valence-corrected chi connectivity index (χ0v) is 15.5. The fraction of sp³-hybridized carbons (Fsp3) is 0.524. The molecule has 1 saturated heterocycles. The molecule has 3 N–H and O–H groups in total. The van der Waals surface area contributed by atoms with Gasteiger partial charge in [0, 0.05) is 24.8 Å². The van der Waals surface area contributed by atoms with Crippen molar-refractivity contribution in [1.29, 1.82) is 0 Å². The van der Waals surface area contributed by atoms with E-state index in [9.17, 15) is 14.7 Å². The fourth-order valence-electron chi connectivity index (χ4n) is 6.55. The summed E-state index contributed by atoms with van der Waals surface area (Å²) in [6, 6.07) is 3.59. The third-order valence-electron chi connectivity index (χ3n) is 7.74. The lowest BCUT2D eigenvalue weighted by molar-refractivity contribution is -0.944. The normalized spacial score (nSPS) is 40.9. The third kappa shape index (κ3) is 1.74. The zero-order valence-electron chi connectivity index (χ0n) is 15.5. The van der Waals surface area contributed by atoms with E-state index in [1.54, 1.807) is 6.07 Å². The second-order valence-electron chi connectivity index (χ2n) is 8.84. The molecule has 1 aromatic carbocycles. The van der Waals surface area contributed by atoms with E-state index >= 15 is 0 Å². The molecule has 3 unspecified atom stereocenters. The van der Waals surface area contributed by atoms with E-state index < -0.39 is 23.0 Å². The quantitative estimate of drug-likeness (QED) is 0.610. The first-order valence-electron chi connectivity index (χ1n) is 9.61. The van der Waals surface area contributed by atoms with Crippen LogP contribution in [0.15, 0.2) is 24.8 Å². The monoisotopic (exact) mass is 369 g/mol. The van der Waals surface area contributed by atoms with Crippen molar-refractivity contribution in [3.05, 3.63) is 41.5 Å². The Hall–Kier alpha value is -2.18. The Kier molecular flexibility index (Phi) is 3.14. The van der Waals surface area contributed by atoms with E-state index in [2.05, 4.69) is 13.6 Å². The summed E-state index contributed by atoms with van der Waals surface area (Å²) in [6.07, 6.45) is 3.24. The molecule has 6 nitrogen and oxygen atoms in total. The van der Waals surface area contributed by atoms with E-state index in [0.29, 0.717) is 41.5 Å². The predicted octanol–water partition coefficient (Wildman–Crippen LogP) is 0.839. The molecule has 2 fully saturated rings. The molecule has 0 radical (unpaired) electrons. The lowest BCUT2D eigenvalue weighted by Gasteiger charge is -2.64. The Balaban J connectivity index is 1.82. The van der Waals surface area contributed by atoms with E-state index in [4.69, 9.17) is 10.5 Å². The van der Waals surface area contributed by atoms with Crippen molar-refractivity contribution < 1.29 is 23.9 Å². The van der Waals surface area contributed by atoms with Crippen molar-refractivity contribution in [3.63, 3.8) is 0 Å². The Labute approximate surface area is 158 Å². The number of primary amides is 1. The first-order chi connectivity index (χ1) is 12.8. The van der Waals surface area contributed by atoms with Gasteiger partial charge in [-0.05, 0) is 24.1 Å². The maximum absolute atomic E-state index is 12.9. The van der Waals surface area contributed by atoms with Gasteiger partial charge in [0.25, 0.3) is 5.91 Å². The number of carbonyl (C=O) groups is 2. The Morgan fingerprint density at radius 3 is 2.96 bits per heavy atom. The molecule has 1 spiro atoms. The van der Waals surface area contributed by atoms with E-state index in [1.807, 2.05) is 12.1 Å². The number of carbonyl (C=O) groups excluding carboxylic acids is 2. The smallest absolute Gasteiger partial charge is 0.252 e. The summed E-state index contributed by atoms with van der Waals surface area (Å²) in [6.45, 7) is 5.51. The number of benzene rings is 1. The number of amides is 1. The predicted molar refractivity (Wildman–Crippen MR) is 98.5 cm³/mol. The maximum Gasteiger partial charge on any atom is 0.252 e. The van der Waals surface area contributed by atoms with Crippen LogP contribution in [0.1, 0.15) is 40.7 Å². The van der Waals surface area contributed by atoms with Crippen molar-refractivity contribution in [1.82, 2.24) is 0 Å². The average molecular weight is 369 g/mol. The minimum Gasteiger partial charge on any atom is -0.480 e. The summed E-state index contributed by atoms with van der Waals surface area (Å²) in [4.78, 5) is 24.8. The van der Waals surface area contributed by atoms with E-state index in [-0.39, 0.29) is 11.8 Å². The highest BCUT2D eigenvalue weighted by Crippen LogP contribution is 2.64. The standard InChI is InChI=1S/C21H24N2O4/c1-3-9-23(2)10-8-20-16-12-4-5-13(19(22)25)17(16)27-18(20)14(24)6-7-21(20,26)15(23)11-12/h3-5,15,18,26H,1,6-11H2,2H3,(H-,22,25)/p+1/t15?,18?,20?,21-,23-/m1/s1. The second-order valence-corrected chi connectivity index (χ2v) is 8.84. The molecule has 2 aliphatic carbocycles. The topological polar surface area (TPSA) is 89.6 Å². The summed E-state index contributed by atoms with van der Waals surface area (Å²) in [5.74, 6) is -0.126. The van der Waals surface area contributed by atoms with Crippen LogP contribution in [-0.4, -0.2) is 59.2 Å². The lowest BCUT2D eigenvalue weighted by atomic mass is 9.48. The number of rotatable bonds is 3. The van der Waals surface area contributed by atoms with Crippen LogP contribution in [0.2, 0.25) is 0 Å². The molecule has 2 heterocycles. The van der Waals surface area contributed by atoms with Gasteiger partial charge in [0.1, 0.15) is 17.4 Å². The Bertz CT molecular complexity index is 912. The number of hydrogen-bond acceptors (Lipinski definition) is 4. The van der Waals surface area contributed by atoms with Crippen molar-refractivity contribution >= 4 is 11.7 Å². The number of nitrogens with two attached hydrogens (primary N) is 1. The van der Waals surface area contributed by atoms with Gasteiger partial charge in [-0.2, -0.15) is 0 Å². The molecule has 2 bridgehead atoms. The first kappa shape index (κ1) is 17.0. The third-order valence-corrected chi connectivity index (χ3v) is 7.74. The van der Waals surface area contributed by atoms with Gasteiger partial charge in [0.15, 0.2) is 11.9 Å². The van der Waals surface area contributed by atoms with Gasteiger partial charge in [0.05, 0.1) is 31.1 Å². The number of ether oxygens (including phenoxy) is 1. The number of piperidine rings is 1. The molecule has 5 rings (SSSR count). The molecule has 5 atom stereocenters. The molecule has 27 heavy (non-hydrogen) atoms. The summed E-state index contributed by atoms with van der Waals surface area (Å²) in [5, 5.41) is 12.1. The molecule has 0 aromatic heterocycles. The number of nitrogens with zero attached hydrogens (tertiary/aromatic N) is 1. The van der Waals surface area contributed by atoms with Crippen LogP contribution in [-0.2, 0) is 16.6 Å². The zero-order chi connectivity index (χ0) is 19.2. The van der Waals surface area contributed by atoms with Crippen LogP contribution in [0.3, 0.4) is 0 Å². The Morgan fingerprint density at radius 2 is 2.26 bits per heavy atom. The van der Waals surface area contributed by atoms with Crippen LogP contribution in [0.5, 0.6) is 5.75 Å².